The Morgan fingerprint density at radius 1 is 1.75 bits per heavy atom. The fourth-order valence-corrected chi connectivity index (χ4v) is 2.45. The maximum Gasteiger partial charge on any atom is 0.264 e. The molecule has 1 atom stereocenters. The van der Waals surface area contributed by atoms with Gasteiger partial charge in [-0.2, -0.15) is 0 Å². The van der Waals surface area contributed by atoms with E-state index in [-0.39, 0.29) is 5.91 Å². The van der Waals surface area contributed by atoms with E-state index in [9.17, 15) is 4.79 Å². The van der Waals surface area contributed by atoms with Crippen LogP contribution in [0, 0.1) is 0 Å². The van der Waals surface area contributed by atoms with E-state index in [0.29, 0.717) is 17.3 Å². The number of amides is 1. The molecule has 0 bridgehead atoms. The van der Waals surface area contributed by atoms with Gasteiger partial charge < -0.3 is 10.2 Å². The Labute approximate surface area is 102 Å². The SMILES string of the molecule is CCNC(=O)C1CC(c2ccc(Cl)s2)=NO1. The summed E-state index contributed by atoms with van der Waals surface area (Å²) in [6.45, 7) is 2.46. The van der Waals surface area contributed by atoms with Crippen molar-refractivity contribution in [1.29, 1.82) is 0 Å². The minimum Gasteiger partial charge on any atom is -0.382 e. The first-order chi connectivity index (χ1) is 7.70. The summed E-state index contributed by atoms with van der Waals surface area (Å²) in [6.07, 6.45) is -0.00121. The third kappa shape index (κ3) is 2.36. The summed E-state index contributed by atoms with van der Waals surface area (Å²) in [4.78, 5) is 17.5. The average molecular weight is 259 g/mol. The third-order valence-corrected chi connectivity index (χ3v) is 3.45. The van der Waals surface area contributed by atoms with Gasteiger partial charge in [0.05, 0.1) is 9.21 Å². The molecule has 1 amide bonds. The highest BCUT2D eigenvalue weighted by Crippen LogP contribution is 2.26. The zero-order valence-electron chi connectivity index (χ0n) is 8.70. The predicted octanol–water partition coefficient (Wildman–Crippen LogP) is 2.03. The molecule has 0 radical (unpaired) electrons. The van der Waals surface area contributed by atoms with E-state index in [1.807, 2.05) is 19.1 Å². The molecule has 1 aliphatic rings. The molecule has 1 unspecified atom stereocenters. The average Bonchev–Trinajstić information content (AvgIpc) is 2.85. The fraction of sp³-hybridized carbons (Fsp3) is 0.400. The molecular formula is C10H11ClN2O2S. The lowest BCUT2D eigenvalue weighted by Crippen LogP contribution is -2.34. The van der Waals surface area contributed by atoms with Crippen molar-refractivity contribution in [3.05, 3.63) is 21.3 Å². The van der Waals surface area contributed by atoms with Crippen LogP contribution >= 0.6 is 22.9 Å². The van der Waals surface area contributed by atoms with Crippen LogP contribution in [0.5, 0.6) is 0 Å². The molecule has 1 aliphatic heterocycles. The summed E-state index contributed by atoms with van der Waals surface area (Å²) in [5.41, 5.74) is 0.785. The van der Waals surface area contributed by atoms with Gasteiger partial charge in [0, 0.05) is 13.0 Å². The number of thiophene rings is 1. The van der Waals surface area contributed by atoms with E-state index in [4.69, 9.17) is 16.4 Å². The first-order valence-corrected chi connectivity index (χ1v) is 6.16. The van der Waals surface area contributed by atoms with Crippen molar-refractivity contribution >= 4 is 34.6 Å². The van der Waals surface area contributed by atoms with Gasteiger partial charge in [-0.25, -0.2) is 0 Å². The highest BCUT2D eigenvalue weighted by atomic mass is 35.5. The number of oxime groups is 1. The van der Waals surface area contributed by atoms with Crippen LogP contribution in [0.15, 0.2) is 17.3 Å². The molecule has 0 spiro atoms. The second kappa shape index (κ2) is 4.84. The molecule has 0 aromatic carbocycles. The maximum absolute atomic E-state index is 11.5. The molecule has 0 saturated carbocycles. The summed E-state index contributed by atoms with van der Waals surface area (Å²) in [5, 5.41) is 6.62. The van der Waals surface area contributed by atoms with E-state index in [1.165, 1.54) is 11.3 Å². The van der Waals surface area contributed by atoms with Crippen LogP contribution in [0.25, 0.3) is 0 Å². The summed E-state index contributed by atoms with van der Waals surface area (Å²) in [7, 11) is 0. The highest BCUT2D eigenvalue weighted by molar-refractivity contribution is 7.18. The summed E-state index contributed by atoms with van der Waals surface area (Å²) in [5.74, 6) is -0.121. The molecule has 2 heterocycles. The first-order valence-electron chi connectivity index (χ1n) is 4.97. The summed E-state index contributed by atoms with van der Waals surface area (Å²) >= 11 is 7.27. The second-order valence-corrected chi connectivity index (χ2v) is 5.05. The monoisotopic (exact) mass is 258 g/mol. The molecule has 4 nitrogen and oxygen atoms in total. The number of nitrogens with one attached hydrogen (secondary N) is 1. The number of halogens is 1. The number of rotatable bonds is 3. The third-order valence-electron chi connectivity index (χ3n) is 2.17. The zero-order valence-corrected chi connectivity index (χ0v) is 10.3. The number of hydrogen-bond donors (Lipinski definition) is 1. The topological polar surface area (TPSA) is 50.7 Å². The molecule has 0 saturated heterocycles. The van der Waals surface area contributed by atoms with Crippen LogP contribution in [0.2, 0.25) is 4.34 Å². The van der Waals surface area contributed by atoms with Crippen molar-refractivity contribution in [1.82, 2.24) is 5.32 Å². The van der Waals surface area contributed by atoms with Gasteiger partial charge in [0.25, 0.3) is 5.91 Å². The molecule has 86 valence electrons. The molecule has 1 aromatic heterocycles. The van der Waals surface area contributed by atoms with Gasteiger partial charge in [0.1, 0.15) is 5.71 Å². The van der Waals surface area contributed by atoms with Gasteiger partial charge in [-0.1, -0.05) is 16.8 Å². The molecule has 2 rings (SSSR count). The van der Waals surface area contributed by atoms with Gasteiger partial charge in [0.2, 0.25) is 6.10 Å². The van der Waals surface area contributed by atoms with Crippen LogP contribution in [0.4, 0.5) is 0 Å². The normalized spacial score (nSPS) is 19.1. The van der Waals surface area contributed by atoms with Crippen LogP contribution < -0.4 is 5.32 Å². The number of nitrogens with zero attached hydrogens (tertiary/aromatic N) is 1. The zero-order chi connectivity index (χ0) is 11.5. The molecule has 1 N–H and O–H groups in total. The molecule has 1 aromatic rings. The first kappa shape index (κ1) is 11.4. The van der Waals surface area contributed by atoms with Crippen molar-refractivity contribution in [2.75, 3.05) is 6.54 Å². The van der Waals surface area contributed by atoms with Gasteiger partial charge in [0.15, 0.2) is 0 Å². The van der Waals surface area contributed by atoms with Crippen LogP contribution in [0.3, 0.4) is 0 Å². The van der Waals surface area contributed by atoms with E-state index in [0.717, 1.165) is 10.6 Å². The molecule has 0 fully saturated rings. The Morgan fingerprint density at radius 2 is 2.56 bits per heavy atom. The smallest absolute Gasteiger partial charge is 0.264 e. The van der Waals surface area contributed by atoms with E-state index in [1.54, 1.807) is 0 Å². The van der Waals surface area contributed by atoms with Crippen LogP contribution in [0.1, 0.15) is 18.2 Å². The fourth-order valence-electron chi connectivity index (χ4n) is 1.42. The summed E-state index contributed by atoms with van der Waals surface area (Å²) in [6, 6.07) is 3.69. The highest BCUT2D eigenvalue weighted by Gasteiger charge is 2.28. The molecule has 16 heavy (non-hydrogen) atoms. The number of likely N-dealkylation sites (N-methyl/N-ethyl adjacent to an activating group) is 1. The van der Waals surface area contributed by atoms with Gasteiger partial charge in [-0.05, 0) is 19.1 Å². The van der Waals surface area contributed by atoms with E-state index >= 15 is 0 Å². The lowest BCUT2D eigenvalue weighted by Gasteiger charge is -2.06. The quantitative estimate of drug-likeness (QED) is 0.902. The lowest BCUT2D eigenvalue weighted by atomic mass is 10.1. The minimum absolute atomic E-state index is 0.121. The molecule has 0 aliphatic carbocycles. The molecule has 6 heteroatoms. The van der Waals surface area contributed by atoms with Gasteiger partial charge in [-0.3, -0.25) is 4.79 Å². The summed E-state index contributed by atoms with van der Waals surface area (Å²) < 4.78 is 0.708. The van der Waals surface area contributed by atoms with Crippen molar-refractivity contribution in [3.63, 3.8) is 0 Å². The largest absolute Gasteiger partial charge is 0.382 e. The molecular weight excluding hydrogens is 248 g/mol. The van der Waals surface area contributed by atoms with Crippen molar-refractivity contribution in [2.45, 2.75) is 19.4 Å². The Hall–Kier alpha value is -1.07. The van der Waals surface area contributed by atoms with Crippen molar-refractivity contribution in [2.24, 2.45) is 5.16 Å². The standard InChI is InChI=1S/C10H11ClN2O2S/c1-2-12-10(14)7-5-6(13-15-7)8-3-4-9(11)16-8/h3-4,7H,2,5H2,1H3,(H,12,14). The van der Waals surface area contributed by atoms with Crippen LogP contribution in [-0.4, -0.2) is 24.3 Å². The van der Waals surface area contributed by atoms with Crippen molar-refractivity contribution < 1.29 is 9.63 Å². The van der Waals surface area contributed by atoms with E-state index < -0.39 is 6.10 Å². The minimum atomic E-state index is -0.504. The number of hydrogen-bond acceptors (Lipinski definition) is 4. The predicted molar refractivity (Wildman–Crippen MR) is 64.0 cm³/mol. The Kier molecular flexibility index (Phi) is 3.46. The van der Waals surface area contributed by atoms with Crippen molar-refractivity contribution in [3.8, 4) is 0 Å². The number of carbonyl (C=O) groups excluding carboxylic acids is 1. The Morgan fingerprint density at radius 3 is 3.19 bits per heavy atom. The van der Waals surface area contributed by atoms with E-state index in [2.05, 4.69) is 10.5 Å². The Bertz CT molecular complexity index is 430. The van der Waals surface area contributed by atoms with Gasteiger partial charge >= 0.3 is 0 Å². The number of carbonyl (C=O) groups is 1. The Balaban J connectivity index is 1.99. The maximum atomic E-state index is 11.5. The lowest BCUT2D eigenvalue weighted by molar-refractivity contribution is -0.131. The second-order valence-electron chi connectivity index (χ2n) is 3.33. The van der Waals surface area contributed by atoms with Gasteiger partial charge in [-0.15, -0.1) is 11.3 Å². The van der Waals surface area contributed by atoms with Crippen LogP contribution in [-0.2, 0) is 9.63 Å².